The lowest BCUT2D eigenvalue weighted by Crippen LogP contribution is -1.96. The van der Waals surface area contributed by atoms with Gasteiger partial charge in [-0.15, -0.1) is 0 Å². The van der Waals surface area contributed by atoms with Crippen molar-refractivity contribution < 1.29 is 0 Å². The molecule has 26 aromatic rings. The fourth-order valence-electron chi connectivity index (χ4n) is 19.7. The second-order valence-electron chi connectivity index (χ2n) is 31.6. The molecule has 548 valence electrons. The Balaban J connectivity index is 0.000000131. The normalized spacial score (nSPS) is 12.1. The molecule has 0 aliphatic heterocycles. The summed E-state index contributed by atoms with van der Waals surface area (Å²) in [6.45, 7) is 0. The van der Waals surface area contributed by atoms with Crippen molar-refractivity contribution in [3.8, 4) is 56.4 Å². The van der Waals surface area contributed by atoms with Gasteiger partial charge in [-0.3, -0.25) is 0 Å². The summed E-state index contributed by atoms with van der Waals surface area (Å²) in [5.74, 6) is 0. The SMILES string of the molecule is c1ccc(-n2c3ccccc3c3cc4c(cc32)c2cc(-c3ccc5c(c3)c3ccccc3n5-c3ccc5ccccc5c3)ccc2n4-c2ccc3ccccc3c2)cc1.c1ccc(-n2c3ccccc3c3cc4c5cc(-c6ccc7c(c6)c6ccccc6n7-c6ccc7ccccc7c6)ccc5n(-c5ccc6ccccc6c5)c4cc32)cc1. The second-order valence-corrected chi connectivity index (χ2v) is 31.6. The van der Waals surface area contributed by atoms with E-state index >= 15 is 0 Å². The number of nitrogens with zero attached hydrogens (tertiary/aromatic N) is 6. The van der Waals surface area contributed by atoms with Gasteiger partial charge in [-0.25, -0.2) is 0 Å². The molecule has 6 nitrogen and oxygen atoms in total. The maximum atomic E-state index is 2.47. The zero-order valence-corrected chi connectivity index (χ0v) is 64.1. The van der Waals surface area contributed by atoms with Crippen LogP contribution in [0, 0.1) is 0 Å². The number of benzene rings is 20. The van der Waals surface area contributed by atoms with Crippen molar-refractivity contribution in [1.82, 2.24) is 27.4 Å². The van der Waals surface area contributed by atoms with Crippen molar-refractivity contribution in [2.75, 3.05) is 0 Å². The van der Waals surface area contributed by atoms with Crippen LogP contribution < -0.4 is 0 Å². The summed E-state index contributed by atoms with van der Waals surface area (Å²) in [4.78, 5) is 0. The standard InChI is InChI=1S/2C56H35N3/c1-2-16-42(17-3-1)57-51-20-10-9-19-46(51)49-34-56-50(35-55(49)57)48-33-41(25-29-54(48)59(56)44-27-23-37-13-5-7-15-39(37)31-44)40-24-28-53-47(32-40)45-18-8-11-21-52(45)58(53)43-26-22-36-12-4-6-14-38(36)30-43;1-2-16-42(17-3-1)57-51-20-10-9-19-46(51)49-34-50-48-33-41(25-29-54(48)59(56(50)35-55(49)57)44-27-23-37-13-5-7-15-39(37)31-44)40-24-28-53-47(32-40)45-18-8-11-21-52(45)58(53)43-26-22-36-12-4-6-14-38(36)30-43/h2*1-35H. The Labute approximate surface area is 677 Å². The summed E-state index contributed by atoms with van der Waals surface area (Å²) < 4.78 is 14.6. The van der Waals surface area contributed by atoms with Crippen molar-refractivity contribution in [3.05, 3.63) is 425 Å². The monoisotopic (exact) mass is 1500 g/mol. The third-order valence-corrected chi connectivity index (χ3v) is 25.1. The summed E-state index contributed by atoms with van der Waals surface area (Å²) in [5, 5.41) is 24.9. The molecule has 0 fully saturated rings. The minimum absolute atomic E-state index is 1.15. The van der Waals surface area contributed by atoms with Crippen molar-refractivity contribution in [3.63, 3.8) is 0 Å². The summed E-state index contributed by atoms with van der Waals surface area (Å²) >= 11 is 0. The van der Waals surface area contributed by atoms with Gasteiger partial charge in [-0.05, 0) is 235 Å². The van der Waals surface area contributed by atoms with E-state index in [1.165, 1.54) is 208 Å². The molecule has 20 aromatic carbocycles. The molecule has 6 aromatic heterocycles. The van der Waals surface area contributed by atoms with Gasteiger partial charge >= 0.3 is 0 Å². The van der Waals surface area contributed by atoms with Crippen molar-refractivity contribution in [1.29, 1.82) is 0 Å². The van der Waals surface area contributed by atoms with E-state index in [9.17, 15) is 0 Å². The van der Waals surface area contributed by atoms with Gasteiger partial charge in [-0.1, -0.05) is 255 Å². The van der Waals surface area contributed by atoms with E-state index < -0.39 is 0 Å². The van der Waals surface area contributed by atoms with Gasteiger partial charge < -0.3 is 27.4 Å². The molecule has 0 aliphatic carbocycles. The molecular weight excluding hydrogens is 1430 g/mol. The maximum absolute atomic E-state index is 2.47. The highest BCUT2D eigenvalue weighted by Gasteiger charge is 2.24. The van der Waals surface area contributed by atoms with Crippen LogP contribution in [0.4, 0.5) is 0 Å². The predicted octanol–water partition coefficient (Wildman–Crippen LogP) is 29.9. The first kappa shape index (κ1) is 65.8. The molecule has 118 heavy (non-hydrogen) atoms. The lowest BCUT2D eigenvalue weighted by Gasteiger charge is -2.11. The van der Waals surface area contributed by atoms with Crippen LogP contribution in [0.25, 0.3) is 230 Å². The van der Waals surface area contributed by atoms with E-state index in [2.05, 4.69) is 452 Å². The molecule has 0 amide bonds. The molecule has 0 aliphatic rings. The quantitative estimate of drug-likeness (QED) is 0.145. The molecular formula is C112H70N6. The van der Waals surface area contributed by atoms with Crippen LogP contribution in [0.5, 0.6) is 0 Å². The first-order chi connectivity index (χ1) is 58.5. The molecule has 6 heteroatoms. The Morgan fingerprint density at radius 1 is 0.102 bits per heavy atom. The third-order valence-electron chi connectivity index (χ3n) is 25.1. The lowest BCUT2D eigenvalue weighted by atomic mass is 10.00. The first-order valence-electron chi connectivity index (χ1n) is 40.7. The van der Waals surface area contributed by atoms with Crippen LogP contribution in [0.1, 0.15) is 0 Å². The molecule has 0 bridgehead atoms. The van der Waals surface area contributed by atoms with Crippen LogP contribution in [0.15, 0.2) is 425 Å². The summed E-state index contributed by atoms with van der Waals surface area (Å²) in [6.07, 6.45) is 0. The zero-order valence-electron chi connectivity index (χ0n) is 64.1. The van der Waals surface area contributed by atoms with Gasteiger partial charge in [0, 0.05) is 98.8 Å². The molecule has 0 saturated heterocycles. The average Bonchev–Trinajstić information content (AvgIpc) is 1.56. The Hall–Kier alpha value is -15.8. The zero-order chi connectivity index (χ0) is 77.2. The molecule has 0 saturated carbocycles. The predicted molar refractivity (Wildman–Crippen MR) is 500 cm³/mol. The summed E-state index contributed by atoms with van der Waals surface area (Å²) in [5.41, 5.74) is 26.2. The molecule has 0 spiro atoms. The minimum Gasteiger partial charge on any atom is -0.309 e. The van der Waals surface area contributed by atoms with E-state index in [1.807, 2.05) is 0 Å². The molecule has 0 atom stereocenters. The number of para-hydroxylation sites is 6. The van der Waals surface area contributed by atoms with Crippen LogP contribution in [0.2, 0.25) is 0 Å². The lowest BCUT2D eigenvalue weighted by molar-refractivity contribution is 1.17. The van der Waals surface area contributed by atoms with Crippen molar-refractivity contribution in [2.24, 2.45) is 0 Å². The van der Waals surface area contributed by atoms with E-state index in [1.54, 1.807) is 0 Å². The van der Waals surface area contributed by atoms with Gasteiger partial charge in [0.25, 0.3) is 0 Å². The van der Waals surface area contributed by atoms with Gasteiger partial charge in [0.2, 0.25) is 0 Å². The number of fused-ring (bicyclic) bond motifs is 22. The molecule has 0 N–H and O–H groups in total. The highest BCUT2D eigenvalue weighted by Crippen LogP contribution is 2.46. The van der Waals surface area contributed by atoms with Crippen molar-refractivity contribution in [2.45, 2.75) is 0 Å². The summed E-state index contributed by atoms with van der Waals surface area (Å²) in [7, 11) is 0. The van der Waals surface area contributed by atoms with E-state index in [0.29, 0.717) is 0 Å². The van der Waals surface area contributed by atoms with Crippen LogP contribution in [-0.2, 0) is 0 Å². The smallest absolute Gasteiger partial charge is 0.0562 e. The minimum atomic E-state index is 1.15. The van der Waals surface area contributed by atoms with Crippen LogP contribution in [-0.4, -0.2) is 27.4 Å². The Kier molecular flexibility index (Phi) is 14.4. The van der Waals surface area contributed by atoms with E-state index in [0.717, 1.165) is 22.7 Å². The Bertz CT molecular complexity index is 8680. The Morgan fingerprint density at radius 3 is 0.636 bits per heavy atom. The Morgan fingerprint density at radius 2 is 0.314 bits per heavy atom. The largest absolute Gasteiger partial charge is 0.309 e. The van der Waals surface area contributed by atoms with Gasteiger partial charge in [0.1, 0.15) is 0 Å². The fourth-order valence-corrected chi connectivity index (χ4v) is 19.7. The number of hydrogen-bond donors (Lipinski definition) is 0. The van der Waals surface area contributed by atoms with Crippen molar-refractivity contribution >= 4 is 174 Å². The summed E-state index contributed by atoms with van der Waals surface area (Å²) in [6, 6.07) is 156. The fraction of sp³-hybridized carbons (Fsp3) is 0. The molecule has 0 radical (unpaired) electrons. The first-order valence-corrected chi connectivity index (χ1v) is 40.7. The van der Waals surface area contributed by atoms with E-state index in [-0.39, 0.29) is 0 Å². The maximum Gasteiger partial charge on any atom is 0.0562 e. The second kappa shape index (κ2) is 25.9. The average molecular weight is 1500 g/mol. The van der Waals surface area contributed by atoms with E-state index in [4.69, 9.17) is 0 Å². The highest BCUT2D eigenvalue weighted by molar-refractivity contribution is 6.23. The van der Waals surface area contributed by atoms with Crippen LogP contribution in [0.3, 0.4) is 0 Å². The molecule has 26 rings (SSSR count). The number of hydrogen-bond acceptors (Lipinski definition) is 0. The van der Waals surface area contributed by atoms with Crippen LogP contribution >= 0.6 is 0 Å². The molecule has 6 heterocycles. The highest BCUT2D eigenvalue weighted by atomic mass is 15.0. The number of rotatable bonds is 8. The topological polar surface area (TPSA) is 29.6 Å². The third kappa shape index (κ3) is 10.1. The van der Waals surface area contributed by atoms with Gasteiger partial charge in [0.15, 0.2) is 0 Å². The molecule has 0 unspecified atom stereocenters. The van der Waals surface area contributed by atoms with Gasteiger partial charge in [0.05, 0.1) is 66.2 Å². The van der Waals surface area contributed by atoms with Gasteiger partial charge in [-0.2, -0.15) is 0 Å². The number of aromatic nitrogens is 6.